The van der Waals surface area contributed by atoms with E-state index in [-0.39, 0.29) is 5.91 Å². The zero-order valence-electron chi connectivity index (χ0n) is 8.37. The summed E-state index contributed by atoms with van der Waals surface area (Å²) in [4.78, 5) is 13.0. The molecule has 0 spiro atoms. The Morgan fingerprint density at radius 2 is 1.85 bits per heavy atom. The fourth-order valence-electron chi connectivity index (χ4n) is 1.40. The van der Waals surface area contributed by atoms with Crippen LogP contribution in [0.15, 0.2) is 24.3 Å². The number of carbonyl (C=O) groups excluding carboxylic acids is 1. The van der Waals surface area contributed by atoms with Gasteiger partial charge in [0.2, 0.25) is 0 Å². The van der Waals surface area contributed by atoms with E-state index in [2.05, 4.69) is 0 Å². The highest BCUT2D eigenvalue weighted by Crippen LogP contribution is 2.19. The molecular weight excluding hydrogens is 162 g/mol. The van der Waals surface area contributed by atoms with Crippen LogP contribution in [0.4, 0.5) is 0 Å². The minimum Gasteiger partial charge on any atom is -0.337 e. The van der Waals surface area contributed by atoms with Gasteiger partial charge in [-0.05, 0) is 11.6 Å². The SMILES string of the molecule is CC.CN1Cc2ccccc2C1=O. The Morgan fingerprint density at radius 3 is 2.46 bits per heavy atom. The molecule has 2 nitrogen and oxygen atoms in total. The molecule has 0 bridgehead atoms. The minimum absolute atomic E-state index is 0.139. The first-order chi connectivity index (χ1) is 6.29. The van der Waals surface area contributed by atoms with Crippen LogP contribution < -0.4 is 0 Å². The second-order valence-corrected chi connectivity index (χ2v) is 2.82. The maximum atomic E-state index is 11.3. The summed E-state index contributed by atoms with van der Waals surface area (Å²) in [5.74, 6) is 0.139. The average Bonchev–Trinajstić information content (AvgIpc) is 2.47. The van der Waals surface area contributed by atoms with E-state index < -0.39 is 0 Å². The highest BCUT2D eigenvalue weighted by atomic mass is 16.2. The Kier molecular flexibility index (Phi) is 3.07. The summed E-state index contributed by atoms with van der Waals surface area (Å²) in [6, 6.07) is 7.74. The van der Waals surface area contributed by atoms with Crippen molar-refractivity contribution in [3.63, 3.8) is 0 Å². The molecule has 0 aliphatic carbocycles. The van der Waals surface area contributed by atoms with Gasteiger partial charge in [0, 0.05) is 19.2 Å². The first-order valence-corrected chi connectivity index (χ1v) is 4.62. The van der Waals surface area contributed by atoms with Crippen LogP contribution in [0.2, 0.25) is 0 Å². The predicted molar refractivity (Wildman–Crippen MR) is 53.6 cm³/mol. The van der Waals surface area contributed by atoms with E-state index in [9.17, 15) is 4.79 Å². The molecule has 0 N–H and O–H groups in total. The summed E-state index contributed by atoms with van der Waals surface area (Å²) in [7, 11) is 1.82. The number of amides is 1. The molecule has 1 aromatic rings. The third-order valence-electron chi connectivity index (χ3n) is 2.00. The van der Waals surface area contributed by atoms with Crippen molar-refractivity contribution in [2.75, 3.05) is 7.05 Å². The van der Waals surface area contributed by atoms with Crippen molar-refractivity contribution in [2.45, 2.75) is 20.4 Å². The number of carbonyl (C=O) groups is 1. The van der Waals surface area contributed by atoms with Crippen LogP contribution in [-0.4, -0.2) is 17.9 Å². The molecule has 1 heterocycles. The molecule has 1 aliphatic rings. The van der Waals surface area contributed by atoms with Crippen LogP contribution in [0.1, 0.15) is 29.8 Å². The number of fused-ring (bicyclic) bond motifs is 1. The Balaban J connectivity index is 0.000000396. The lowest BCUT2D eigenvalue weighted by atomic mass is 10.1. The lowest BCUT2D eigenvalue weighted by Gasteiger charge is -2.04. The van der Waals surface area contributed by atoms with Gasteiger partial charge in [0.1, 0.15) is 0 Å². The first kappa shape index (κ1) is 9.78. The lowest BCUT2D eigenvalue weighted by molar-refractivity contribution is 0.0816. The second kappa shape index (κ2) is 4.08. The van der Waals surface area contributed by atoms with Gasteiger partial charge in [-0.2, -0.15) is 0 Å². The van der Waals surface area contributed by atoms with Crippen molar-refractivity contribution >= 4 is 5.91 Å². The lowest BCUT2D eigenvalue weighted by Crippen LogP contribution is -2.17. The van der Waals surface area contributed by atoms with Crippen molar-refractivity contribution in [1.29, 1.82) is 0 Å². The van der Waals surface area contributed by atoms with Crippen LogP contribution in [0, 0.1) is 0 Å². The standard InChI is InChI=1S/C9H9NO.C2H6/c1-10-6-7-4-2-3-5-8(7)9(10)11;1-2/h2-5H,6H2,1H3;1-2H3. The van der Waals surface area contributed by atoms with Gasteiger partial charge < -0.3 is 4.90 Å². The van der Waals surface area contributed by atoms with Crippen LogP contribution in [0.5, 0.6) is 0 Å². The van der Waals surface area contributed by atoms with E-state index in [1.807, 2.05) is 45.2 Å². The van der Waals surface area contributed by atoms with E-state index >= 15 is 0 Å². The number of benzene rings is 1. The molecule has 1 aromatic carbocycles. The molecule has 0 aromatic heterocycles. The minimum atomic E-state index is 0.139. The van der Waals surface area contributed by atoms with Crippen LogP contribution >= 0.6 is 0 Å². The van der Waals surface area contributed by atoms with Gasteiger partial charge in [-0.25, -0.2) is 0 Å². The van der Waals surface area contributed by atoms with Gasteiger partial charge in [0.15, 0.2) is 0 Å². The first-order valence-electron chi connectivity index (χ1n) is 4.62. The largest absolute Gasteiger partial charge is 0.337 e. The molecule has 13 heavy (non-hydrogen) atoms. The van der Waals surface area contributed by atoms with Crippen molar-refractivity contribution in [1.82, 2.24) is 4.90 Å². The normalized spacial score (nSPS) is 13.5. The Morgan fingerprint density at radius 1 is 1.23 bits per heavy atom. The topological polar surface area (TPSA) is 20.3 Å². The molecule has 0 saturated heterocycles. The quantitative estimate of drug-likeness (QED) is 0.595. The second-order valence-electron chi connectivity index (χ2n) is 2.82. The monoisotopic (exact) mass is 177 g/mol. The number of nitrogens with zero attached hydrogens (tertiary/aromatic N) is 1. The molecule has 2 heteroatoms. The van der Waals surface area contributed by atoms with E-state index in [0.717, 1.165) is 17.7 Å². The third-order valence-corrected chi connectivity index (χ3v) is 2.00. The summed E-state index contributed by atoms with van der Waals surface area (Å²) in [6.45, 7) is 4.76. The molecule has 0 unspecified atom stereocenters. The molecule has 1 aliphatic heterocycles. The highest BCUT2D eigenvalue weighted by Gasteiger charge is 2.22. The summed E-state index contributed by atoms with van der Waals surface area (Å²) >= 11 is 0. The van der Waals surface area contributed by atoms with Gasteiger partial charge in [-0.15, -0.1) is 0 Å². The van der Waals surface area contributed by atoms with Crippen molar-refractivity contribution in [3.8, 4) is 0 Å². The smallest absolute Gasteiger partial charge is 0.254 e. The van der Waals surface area contributed by atoms with Crippen molar-refractivity contribution in [3.05, 3.63) is 35.4 Å². The van der Waals surface area contributed by atoms with Gasteiger partial charge in [0.25, 0.3) is 5.91 Å². The highest BCUT2D eigenvalue weighted by molar-refractivity contribution is 5.98. The molecule has 70 valence electrons. The summed E-state index contributed by atoms with van der Waals surface area (Å²) in [5, 5.41) is 0. The zero-order valence-corrected chi connectivity index (χ0v) is 8.37. The number of hydrogen-bond acceptors (Lipinski definition) is 1. The zero-order chi connectivity index (χ0) is 9.84. The molecule has 2 rings (SSSR count). The van der Waals surface area contributed by atoms with Crippen LogP contribution in [0.25, 0.3) is 0 Å². The average molecular weight is 177 g/mol. The predicted octanol–water partition coefficient (Wildman–Crippen LogP) is 2.30. The Labute approximate surface area is 79.2 Å². The van der Waals surface area contributed by atoms with E-state index in [4.69, 9.17) is 0 Å². The van der Waals surface area contributed by atoms with E-state index in [0.29, 0.717) is 0 Å². The third kappa shape index (κ3) is 1.72. The molecule has 0 fully saturated rings. The van der Waals surface area contributed by atoms with Crippen molar-refractivity contribution in [2.24, 2.45) is 0 Å². The van der Waals surface area contributed by atoms with Crippen molar-refractivity contribution < 1.29 is 4.79 Å². The van der Waals surface area contributed by atoms with Gasteiger partial charge in [0.05, 0.1) is 0 Å². The maximum Gasteiger partial charge on any atom is 0.254 e. The Hall–Kier alpha value is -1.31. The molecular formula is C11H15NO. The fourth-order valence-corrected chi connectivity index (χ4v) is 1.40. The van der Waals surface area contributed by atoms with Crippen LogP contribution in [-0.2, 0) is 6.54 Å². The summed E-state index contributed by atoms with van der Waals surface area (Å²) < 4.78 is 0. The molecule has 0 radical (unpaired) electrons. The fraction of sp³-hybridized carbons (Fsp3) is 0.364. The number of rotatable bonds is 0. The summed E-state index contributed by atoms with van der Waals surface area (Å²) in [6.07, 6.45) is 0. The van der Waals surface area contributed by atoms with Crippen LogP contribution in [0.3, 0.4) is 0 Å². The molecule has 0 atom stereocenters. The summed E-state index contributed by atoms with van der Waals surface area (Å²) in [5.41, 5.74) is 2.00. The number of hydrogen-bond donors (Lipinski definition) is 0. The van der Waals surface area contributed by atoms with Gasteiger partial charge in [-0.1, -0.05) is 32.0 Å². The van der Waals surface area contributed by atoms with E-state index in [1.165, 1.54) is 0 Å². The molecule has 0 saturated carbocycles. The van der Waals surface area contributed by atoms with Gasteiger partial charge in [-0.3, -0.25) is 4.79 Å². The maximum absolute atomic E-state index is 11.3. The molecule has 1 amide bonds. The van der Waals surface area contributed by atoms with Gasteiger partial charge >= 0.3 is 0 Å². The van der Waals surface area contributed by atoms with E-state index in [1.54, 1.807) is 4.90 Å². The Bertz CT molecular complexity index is 307.